The van der Waals surface area contributed by atoms with Crippen molar-refractivity contribution in [2.75, 3.05) is 17.3 Å². The molecule has 2 heterocycles. The van der Waals surface area contributed by atoms with Crippen LogP contribution in [0.1, 0.15) is 4.88 Å². The lowest BCUT2D eigenvalue weighted by Crippen LogP contribution is -2.30. The van der Waals surface area contributed by atoms with E-state index >= 15 is 0 Å². The second kappa shape index (κ2) is 5.39. The molecule has 14 heavy (non-hydrogen) atoms. The minimum Gasteiger partial charge on any atom is -0.392 e. The Hall–Kier alpha value is 0.290. The van der Waals surface area contributed by atoms with Crippen molar-refractivity contribution in [3.8, 4) is 0 Å². The summed E-state index contributed by atoms with van der Waals surface area (Å²) in [7, 11) is 0. The molecule has 0 aliphatic carbocycles. The van der Waals surface area contributed by atoms with E-state index in [4.69, 9.17) is 0 Å². The smallest absolute Gasteiger partial charge is 0.0794 e. The van der Waals surface area contributed by atoms with E-state index in [1.54, 1.807) is 11.3 Å². The molecule has 0 spiro atoms. The second-order valence-corrected chi connectivity index (χ2v) is 6.69. The molecule has 5 heteroatoms. The average molecular weight is 247 g/mol. The van der Waals surface area contributed by atoms with E-state index in [2.05, 4.69) is 4.98 Å². The summed E-state index contributed by atoms with van der Waals surface area (Å²) in [6.07, 6.45) is 2.42. The van der Waals surface area contributed by atoms with Crippen molar-refractivity contribution < 1.29 is 5.11 Å². The quantitative estimate of drug-likeness (QED) is 0.884. The van der Waals surface area contributed by atoms with Gasteiger partial charge in [-0.2, -0.15) is 23.5 Å². The lowest BCUT2D eigenvalue weighted by Gasteiger charge is -2.25. The number of thiazole rings is 1. The van der Waals surface area contributed by atoms with Gasteiger partial charge in [-0.1, -0.05) is 0 Å². The van der Waals surface area contributed by atoms with Crippen LogP contribution in [0.2, 0.25) is 0 Å². The molecule has 0 radical (unpaired) electrons. The Morgan fingerprint density at radius 3 is 3.14 bits per heavy atom. The molecule has 1 aromatic rings. The lowest BCUT2D eigenvalue weighted by atomic mass is 10.2. The van der Waals surface area contributed by atoms with Crippen molar-refractivity contribution in [3.05, 3.63) is 16.6 Å². The fourth-order valence-electron chi connectivity index (χ4n) is 1.41. The molecule has 1 saturated heterocycles. The Kier molecular flexibility index (Phi) is 4.16. The van der Waals surface area contributed by atoms with Crippen LogP contribution in [0.3, 0.4) is 0 Å². The zero-order valence-electron chi connectivity index (χ0n) is 7.76. The largest absolute Gasteiger partial charge is 0.392 e. The monoisotopic (exact) mass is 247 g/mol. The fourth-order valence-corrected chi connectivity index (χ4v) is 4.83. The number of thioether (sulfide) groups is 2. The van der Waals surface area contributed by atoms with Gasteiger partial charge in [-0.15, -0.1) is 11.3 Å². The number of aliphatic hydroxyl groups is 1. The van der Waals surface area contributed by atoms with Gasteiger partial charge in [0, 0.05) is 40.0 Å². The van der Waals surface area contributed by atoms with Crippen LogP contribution in [-0.2, 0) is 6.42 Å². The van der Waals surface area contributed by atoms with E-state index in [1.807, 2.05) is 35.2 Å². The maximum absolute atomic E-state index is 9.99. The van der Waals surface area contributed by atoms with Gasteiger partial charge >= 0.3 is 0 Å². The Morgan fingerprint density at radius 1 is 1.57 bits per heavy atom. The second-order valence-electron chi connectivity index (χ2n) is 3.22. The van der Waals surface area contributed by atoms with Crippen molar-refractivity contribution >= 4 is 34.9 Å². The van der Waals surface area contributed by atoms with Gasteiger partial charge in [-0.25, -0.2) is 0 Å². The van der Waals surface area contributed by atoms with Crippen LogP contribution >= 0.6 is 34.9 Å². The van der Waals surface area contributed by atoms with Gasteiger partial charge in [0.05, 0.1) is 11.6 Å². The molecule has 2 unspecified atom stereocenters. The zero-order chi connectivity index (χ0) is 9.80. The van der Waals surface area contributed by atoms with Gasteiger partial charge < -0.3 is 5.11 Å². The summed E-state index contributed by atoms with van der Waals surface area (Å²) < 4.78 is 0. The normalized spacial score (nSPS) is 24.8. The summed E-state index contributed by atoms with van der Waals surface area (Å²) in [5.41, 5.74) is 1.82. The molecule has 0 bridgehead atoms. The van der Waals surface area contributed by atoms with Crippen molar-refractivity contribution in [2.45, 2.75) is 17.8 Å². The average Bonchev–Trinajstić information content (AvgIpc) is 2.72. The Labute approximate surface area is 96.5 Å². The highest BCUT2D eigenvalue weighted by atomic mass is 32.2. The van der Waals surface area contributed by atoms with Crippen LogP contribution in [0.4, 0.5) is 0 Å². The van der Waals surface area contributed by atoms with Gasteiger partial charge in [0.1, 0.15) is 0 Å². The molecule has 1 N–H and O–H groups in total. The van der Waals surface area contributed by atoms with Gasteiger partial charge in [0.2, 0.25) is 0 Å². The van der Waals surface area contributed by atoms with Crippen LogP contribution < -0.4 is 0 Å². The minimum atomic E-state index is -0.201. The van der Waals surface area contributed by atoms with E-state index in [0.29, 0.717) is 5.25 Å². The SMILES string of the molecule is OC(Cc1cncs1)C1CSCCS1. The van der Waals surface area contributed by atoms with Crippen molar-refractivity contribution in [3.63, 3.8) is 0 Å². The van der Waals surface area contributed by atoms with Crippen molar-refractivity contribution in [2.24, 2.45) is 0 Å². The molecule has 0 aromatic carbocycles. The molecule has 2 rings (SSSR count). The number of aliphatic hydroxyl groups excluding tert-OH is 1. The molecular formula is C9H13NOS3. The highest BCUT2D eigenvalue weighted by Gasteiger charge is 2.23. The topological polar surface area (TPSA) is 33.1 Å². The molecule has 1 aliphatic rings. The molecule has 1 aliphatic heterocycles. The van der Waals surface area contributed by atoms with Gasteiger partial charge in [-0.3, -0.25) is 4.98 Å². The molecule has 2 atom stereocenters. The van der Waals surface area contributed by atoms with Crippen LogP contribution in [-0.4, -0.2) is 38.7 Å². The predicted octanol–water partition coefficient (Wildman–Crippen LogP) is 1.90. The third-order valence-electron chi connectivity index (χ3n) is 2.16. The lowest BCUT2D eigenvalue weighted by molar-refractivity contribution is 0.178. The summed E-state index contributed by atoms with van der Waals surface area (Å²) in [6, 6.07) is 0. The van der Waals surface area contributed by atoms with Crippen molar-refractivity contribution in [1.29, 1.82) is 0 Å². The molecular weight excluding hydrogens is 234 g/mol. The minimum absolute atomic E-state index is 0.201. The van der Waals surface area contributed by atoms with Crippen LogP contribution in [0.25, 0.3) is 0 Å². The Balaban J connectivity index is 1.85. The van der Waals surface area contributed by atoms with Crippen LogP contribution in [0.5, 0.6) is 0 Å². The van der Waals surface area contributed by atoms with Crippen LogP contribution in [0, 0.1) is 0 Å². The van der Waals surface area contributed by atoms with E-state index in [1.165, 1.54) is 16.4 Å². The van der Waals surface area contributed by atoms with Gasteiger partial charge in [-0.05, 0) is 0 Å². The third-order valence-corrected chi connectivity index (χ3v) is 5.87. The van der Waals surface area contributed by atoms with E-state index < -0.39 is 0 Å². The first-order valence-corrected chi connectivity index (χ1v) is 7.69. The number of hydrogen-bond donors (Lipinski definition) is 1. The number of nitrogens with zero attached hydrogens (tertiary/aromatic N) is 1. The first-order valence-electron chi connectivity index (χ1n) is 4.61. The number of aromatic nitrogens is 1. The molecule has 0 amide bonds. The standard InChI is InChI=1S/C9H13NOS3/c11-8(3-7-4-10-6-14-7)9-5-12-1-2-13-9/h4,6,8-9,11H,1-3,5H2. The number of rotatable bonds is 3. The highest BCUT2D eigenvalue weighted by Crippen LogP contribution is 2.28. The number of hydrogen-bond acceptors (Lipinski definition) is 5. The third kappa shape index (κ3) is 2.89. The molecule has 78 valence electrons. The highest BCUT2D eigenvalue weighted by molar-refractivity contribution is 8.06. The maximum Gasteiger partial charge on any atom is 0.0794 e. The summed E-state index contributed by atoms with van der Waals surface area (Å²) in [6.45, 7) is 0. The zero-order valence-corrected chi connectivity index (χ0v) is 10.2. The maximum atomic E-state index is 9.99. The Bertz CT molecular complexity index is 259. The summed E-state index contributed by atoms with van der Waals surface area (Å²) in [4.78, 5) is 5.20. The first-order chi connectivity index (χ1) is 6.86. The van der Waals surface area contributed by atoms with Crippen molar-refractivity contribution in [1.82, 2.24) is 4.98 Å². The van der Waals surface area contributed by atoms with E-state index in [-0.39, 0.29) is 6.10 Å². The van der Waals surface area contributed by atoms with Gasteiger partial charge in [0.25, 0.3) is 0 Å². The molecule has 0 saturated carbocycles. The summed E-state index contributed by atoms with van der Waals surface area (Å²) in [5, 5.41) is 10.4. The summed E-state index contributed by atoms with van der Waals surface area (Å²) in [5.74, 6) is 3.49. The van der Waals surface area contributed by atoms with Gasteiger partial charge in [0.15, 0.2) is 0 Å². The van der Waals surface area contributed by atoms with E-state index in [0.717, 1.165) is 12.2 Å². The summed E-state index contributed by atoms with van der Waals surface area (Å²) >= 11 is 5.49. The first kappa shape index (κ1) is 10.8. The predicted molar refractivity (Wildman–Crippen MR) is 65.4 cm³/mol. The van der Waals surface area contributed by atoms with E-state index in [9.17, 15) is 5.11 Å². The Morgan fingerprint density at radius 2 is 2.50 bits per heavy atom. The molecule has 1 fully saturated rings. The fraction of sp³-hybridized carbons (Fsp3) is 0.667. The molecule has 2 nitrogen and oxygen atoms in total. The van der Waals surface area contributed by atoms with Crippen LogP contribution in [0.15, 0.2) is 11.7 Å². The molecule has 1 aromatic heterocycles.